The third kappa shape index (κ3) is 5.49. The van der Waals surface area contributed by atoms with E-state index < -0.39 is 10.0 Å². The van der Waals surface area contributed by atoms with E-state index in [0.29, 0.717) is 28.1 Å². The van der Waals surface area contributed by atoms with E-state index in [2.05, 4.69) is 20.2 Å². The largest absolute Gasteiger partial charge is 0.454 e. The predicted molar refractivity (Wildman–Crippen MR) is 120 cm³/mol. The Morgan fingerprint density at radius 1 is 1.12 bits per heavy atom. The standard InChI is InChI=1S/C21H20N4O5S2/c1-14-2-6-16(7-3-14)32(27,28)22-11-10-20-24-25-21(31-20)23-19(26)9-5-15-4-8-17-18(12-15)30-13-29-17/h2-9,12,22H,10-11,13H2,1H3,(H,23,25,26)/b9-5+. The van der Waals surface area contributed by atoms with E-state index in [1.807, 2.05) is 13.0 Å². The van der Waals surface area contributed by atoms with Crippen molar-refractivity contribution in [1.82, 2.24) is 14.9 Å². The Morgan fingerprint density at radius 3 is 2.72 bits per heavy atom. The van der Waals surface area contributed by atoms with E-state index in [4.69, 9.17) is 9.47 Å². The van der Waals surface area contributed by atoms with Crippen LogP contribution in [0.15, 0.2) is 53.4 Å². The van der Waals surface area contributed by atoms with Gasteiger partial charge in [-0.05, 0) is 42.8 Å². The van der Waals surface area contributed by atoms with Crippen molar-refractivity contribution in [1.29, 1.82) is 0 Å². The van der Waals surface area contributed by atoms with E-state index in [1.165, 1.54) is 17.4 Å². The molecule has 2 N–H and O–H groups in total. The number of carbonyl (C=O) groups is 1. The molecule has 0 bridgehead atoms. The van der Waals surface area contributed by atoms with Gasteiger partial charge < -0.3 is 9.47 Å². The highest BCUT2D eigenvalue weighted by Crippen LogP contribution is 2.32. The van der Waals surface area contributed by atoms with Crippen molar-refractivity contribution in [3.8, 4) is 11.5 Å². The van der Waals surface area contributed by atoms with Gasteiger partial charge in [0.05, 0.1) is 4.90 Å². The second kappa shape index (κ2) is 9.47. The van der Waals surface area contributed by atoms with Crippen LogP contribution in [0.25, 0.3) is 6.08 Å². The Labute approximate surface area is 189 Å². The lowest BCUT2D eigenvalue weighted by Crippen LogP contribution is -2.25. The molecular formula is C21H20N4O5S2. The van der Waals surface area contributed by atoms with E-state index in [-0.39, 0.29) is 24.1 Å². The molecule has 3 aromatic rings. The molecule has 9 nitrogen and oxygen atoms in total. The van der Waals surface area contributed by atoms with Crippen LogP contribution in [-0.4, -0.2) is 37.9 Å². The molecule has 0 radical (unpaired) electrons. The molecule has 0 aliphatic carbocycles. The Bertz CT molecular complexity index is 1250. The summed E-state index contributed by atoms with van der Waals surface area (Å²) in [7, 11) is -3.59. The zero-order chi connectivity index (χ0) is 22.6. The molecule has 0 spiro atoms. The smallest absolute Gasteiger partial charge is 0.250 e. The van der Waals surface area contributed by atoms with Gasteiger partial charge in [0, 0.05) is 19.0 Å². The average Bonchev–Trinajstić information content (AvgIpc) is 3.41. The fourth-order valence-corrected chi connectivity index (χ4v) is 4.61. The average molecular weight is 473 g/mol. The third-order valence-electron chi connectivity index (χ3n) is 4.48. The predicted octanol–water partition coefficient (Wildman–Crippen LogP) is 2.75. The van der Waals surface area contributed by atoms with Crippen LogP contribution in [-0.2, 0) is 21.2 Å². The first kappa shape index (κ1) is 21.9. The second-order valence-electron chi connectivity index (χ2n) is 6.90. The molecule has 166 valence electrons. The van der Waals surface area contributed by atoms with Crippen LogP contribution in [0.4, 0.5) is 5.13 Å². The minimum atomic E-state index is -3.59. The van der Waals surface area contributed by atoms with Crippen LogP contribution in [0.2, 0.25) is 0 Å². The molecule has 4 rings (SSSR count). The number of fused-ring (bicyclic) bond motifs is 1. The summed E-state index contributed by atoms with van der Waals surface area (Å²) in [6.07, 6.45) is 3.39. The molecule has 1 amide bonds. The summed E-state index contributed by atoms with van der Waals surface area (Å²) in [6.45, 7) is 2.25. The first-order valence-electron chi connectivity index (χ1n) is 9.66. The molecule has 2 aromatic carbocycles. The van der Waals surface area contributed by atoms with E-state index in [1.54, 1.807) is 42.5 Å². The molecule has 2 heterocycles. The topological polar surface area (TPSA) is 120 Å². The van der Waals surface area contributed by atoms with Crippen molar-refractivity contribution in [2.75, 3.05) is 18.7 Å². The van der Waals surface area contributed by atoms with Crippen LogP contribution < -0.4 is 19.5 Å². The molecule has 1 aliphatic heterocycles. The maximum absolute atomic E-state index is 12.3. The zero-order valence-corrected chi connectivity index (χ0v) is 18.7. The van der Waals surface area contributed by atoms with Gasteiger partial charge in [-0.15, -0.1) is 10.2 Å². The van der Waals surface area contributed by atoms with Crippen molar-refractivity contribution in [3.63, 3.8) is 0 Å². The number of amides is 1. The molecule has 0 saturated carbocycles. The first-order chi connectivity index (χ1) is 15.4. The number of sulfonamides is 1. The number of aryl methyl sites for hydroxylation is 1. The number of carbonyl (C=O) groups excluding carboxylic acids is 1. The number of hydrogen-bond donors (Lipinski definition) is 2. The highest BCUT2D eigenvalue weighted by Gasteiger charge is 2.14. The van der Waals surface area contributed by atoms with Gasteiger partial charge in [-0.25, -0.2) is 13.1 Å². The maximum Gasteiger partial charge on any atom is 0.250 e. The summed E-state index contributed by atoms with van der Waals surface area (Å²) in [5.41, 5.74) is 1.78. The summed E-state index contributed by atoms with van der Waals surface area (Å²) >= 11 is 1.19. The number of nitrogens with zero attached hydrogens (tertiary/aromatic N) is 2. The molecule has 0 unspecified atom stereocenters. The summed E-state index contributed by atoms with van der Waals surface area (Å²) in [5.74, 6) is 0.957. The number of rotatable bonds is 8. The highest BCUT2D eigenvalue weighted by molar-refractivity contribution is 7.89. The van der Waals surface area contributed by atoms with Crippen LogP contribution >= 0.6 is 11.3 Å². The van der Waals surface area contributed by atoms with Crippen molar-refractivity contribution in [3.05, 3.63) is 64.7 Å². The number of ether oxygens (including phenoxy) is 2. The van der Waals surface area contributed by atoms with Crippen LogP contribution in [0.5, 0.6) is 11.5 Å². The van der Waals surface area contributed by atoms with Gasteiger partial charge in [-0.3, -0.25) is 10.1 Å². The lowest BCUT2D eigenvalue weighted by molar-refractivity contribution is -0.111. The van der Waals surface area contributed by atoms with E-state index in [9.17, 15) is 13.2 Å². The number of hydrogen-bond acceptors (Lipinski definition) is 8. The zero-order valence-electron chi connectivity index (χ0n) is 17.1. The summed E-state index contributed by atoms with van der Waals surface area (Å²) < 4.78 is 37.7. The maximum atomic E-state index is 12.3. The Hall–Kier alpha value is -3.28. The first-order valence-corrected chi connectivity index (χ1v) is 12.0. The summed E-state index contributed by atoms with van der Waals surface area (Å²) in [5, 5.41) is 11.5. The second-order valence-corrected chi connectivity index (χ2v) is 9.73. The fraction of sp³-hybridized carbons (Fsp3) is 0.190. The molecule has 0 atom stereocenters. The normalized spacial score (nSPS) is 12.9. The highest BCUT2D eigenvalue weighted by atomic mass is 32.2. The van der Waals surface area contributed by atoms with Crippen LogP contribution in [0.1, 0.15) is 16.1 Å². The van der Waals surface area contributed by atoms with Gasteiger partial charge in [-0.2, -0.15) is 0 Å². The molecular weight excluding hydrogens is 452 g/mol. The van der Waals surface area contributed by atoms with Gasteiger partial charge in [0.1, 0.15) is 5.01 Å². The molecule has 32 heavy (non-hydrogen) atoms. The van der Waals surface area contributed by atoms with Gasteiger partial charge in [0.2, 0.25) is 27.9 Å². The molecule has 0 saturated heterocycles. The van der Waals surface area contributed by atoms with Crippen molar-refractivity contribution in [2.45, 2.75) is 18.2 Å². The molecule has 1 aromatic heterocycles. The molecule has 0 fully saturated rings. The summed E-state index contributed by atoms with van der Waals surface area (Å²) in [4.78, 5) is 12.4. The van der Waals surface area contributed by atoms with Gasteiger partial charge >= 0.3 is 0 Å². The quantitative estimate of drug-likeness (QED) is 0.484. The van der Waals surface area contributed by atoms with Crippen LogP contribution in [0.3, 0.4) is 0 Å². The lowest BCUT2D eigenvalue weighted by atomic mass is 10.2. The molecule has 1 aliphatic rings. The summed E-state index contributed by atoms with van der Waals surface area (Å²) in [6, 6.07) is 12.0. The van der Waals surface area contributed by atoms with Crippen molar-refractivity contribution < 1.29 is 22.7 Å². The SMILES string of the molecule is Cc1ccc(S(=O)(=O)NCCc2nnc(NC(=O)/C=C/c3ccc4c(c3)OCO4)s2)cc1. The Morgan fingerprint density at radius 2 is 1.91 bits per heavy atom. The monoisotopic (exact) mass is 472 g/mol. The fourth-order valence-electron chi connectivity index (χ4n) is 2.83. The Kier molecular flexibility index (Phi) is 6.49. The van der Waals surface area contributed by atoms with Crippen molar-refractivity contribution in [2.24, 2.45) is 0 Å². The van der Waals surface area contributed by atoms with E-state index >= 15 is 0 Å². The number of benzene rings is 2. The number of anilines is 1. The van der Waals surface area contributed by atoms with Crippen LogP contribution in [0, 0.1) is 6.92 Å². The minimum Gasteiger partial charge on any atom is -0.454 e. The van der Waals surface area contributed by atoms with E-state index in [0.717, 1.165) is 11.1 Å². The number of nitrogens with one attached hydrogen (secondary N) is 2. The Balaban J connectivity index is 1.27. The lowest BCUT2D eigenvalue weighted by Gasteiger charge is -2.05. The number of aromatic nitrogens is 2. The third-order valence-corrected chi connectivity index (χ3v) is 6.86. The van der Waals surface area contributed by atoms with Gasteiger partial charge in [0.15, 0.2) is 11.5 Å². The van der Waals surface area contributed by atoms with Gasteiger partial charge in [-0.1, -0.05) is 35.1 Å². The van der Waals surface area contributed by atoms with Crippen molar-refractivity contribution >= 4 is 38.5 Å². The minimum absolute atomic E-state index is 0.169. The van der Waals surface area contributed by atoms with Gasteiger partial charge in [0.25, 0.3) is 0 Å². The molecule has 11 heteroatoms.